The van der Waals surface area contributed by atoms with Crippen molar-refractivity contribution in [1.29, 1.82) is 0 Å². The first-order valence-electron chi connectivity index (χ1n) is 16.8. The van der Waals surface area contributed by atoms with Gasteiger partial charge >= 0.3 is 6.36 Å². The number of ketones is 1. The molecule has 1 aliphatic carbocycles. The Bertz CT molecular complexity index is 2140. The van der Waals surface area contributed by atoms with Gasteiger partial charge in [0.25, 0.3) is 0 Å². The zero-order chi connectivity index (χ0) is 35.0. The molecule has 0 spiro atoms. The van der Waals surface area contributed by atoms with Crippen molar-refractivity contribution in [1.82, 2.24) is 0 Å². The minimum atomic E-state index is -4.94. The minimum Gasteiger partial charge on any atom is -0.406 e. The van der Waals surface area contributed by atoms with E-state index >= 15 is 0 Å². The molecular weight excluding hydrogens is 643 g/mol. The summed E-state index contributed by atoms with van der Waals surface area (Å²) in [6.07, 6.45) is -4.94. The monoisotopic (exact) mass is 675 g/mol. The maximum absolute atomic E-state index is 14.3. The highest BCUT2D eigenvalue weighted by atomic mass is 19.4. The molecule has 0 aliphatic heterocycles. The maximum atomic E-state index is 14.3. The van der Waals surface area contributed by atoms with Crippen molar-refractivity contribution >= 4 is 22.2 Å². The Morgan fingerprint density at radius 1 is 0.549 bits per heavy atom. The molecule has 1 aliphatic rings. The van der Waals surface area contributed by atoms with Crippen molar-refractivity contribution in [2.24, 2.45) is 0 Å². The molecule has 1 N–H and O–H groups in total. The van der Waals surface area contributed by atoms with Gasteiger partial charge in [0.2, 0.25) is 0 Å². The lowest BCUT2D eigenvalue weighted by atomic mass is 9.78. The predicted octanol–water partition coefficient (Wildman–Crippen LogP) is 11.4. The number of Topliss-reactive ketones (excluding diaryl/α,β-unsaturated/α-hetero) is 1. The summed E-state index contributed by atoms with van der Waals surface area (Å²) in [5.74, 6) is -1.48. The van der Waals surface area contributed by atoms with Crippen LogP contribution in [0.3, 0.4) is 0 Å². The van der Waals surface area contributed by atoms with E-state index in [1.807, 2.05) is 158 Å². The van der Waals surface area contributed by atoms with E-state index in [1.54, 1.807) is 0 Å². The number of hydrogen-bond acceptors (Lipinski definition) is 3. The number of nitrogens with one attached hydrogen (secondary N) is 1. The molecule has 0 aromatic heterocycles. The average Bonchev–Trinajstić information content (AvgIpc) is 3.42. The molecule has 0 saturated carbocycles. The third kappa shape index (κ3) is 6.25. The van der Waals surface area contributed by atoms with Crippen LogP contribution in [0.1, 0.15) is 67.2 Å². The van der Waals surface area contributed by atoms with E-state index < -0.39 is 24.2 Å². The molecule has 250 valence electrons. The Balaban J connectivity index is 1.45. The molecule has 0 saturated heterocycles. The van der Waals surface area contributed by atoms with Crippen LogP contribution in [-0.4, -0.2) is 12.1 Å². The summed E-state index contributed by atoms with van der Waals surface area (Å²) in [4.78, 5) is 14.3. The molecule has 3 nitrogen and oxygen atoms in total. The Hall–Kier alpha value is -6.14. The minimum absolute atomic E-state index is 0.0961. The summed E-state index contributed by atoms with van der Waals surface area (Å²) in [5, 5.41) is 5.51. The third-order valence-electron chi connectivity index (χ3n) is 9.62. The number of anilines is 1. The van der Waals surface area contributed by atoms with Crippen LogP contribution in [-0.2, 0) is 0 Å². The fraction of sp³-hybridized carbons (Fsp3) is 0.0889. The van der Waals surface area contributed by atoms with E-state index in [0.717, 1.165) is 38.6 Å². The highest BCUT2D eigenvalue weighted by Crippen LogP contribution is 2.48. The standard InChI is InChI=1S/C45H32F3NO2/c46-45(47,48)51-34-27-37(39(29-15-5-1-6-16-29)30-17-7-2-8-18-30)42(49-43-35-25-13-23-33-24-14-26-36(41(33)35)44(43)50)38(28-34)40(31-19-9-3-10-20-31)32-21-11-4-12-22-32/h1-28,39-40,43,49H. The molecule has 8 rings (SSSR count). The first-order valence-corrected chi connectivity index (χ1v) is 16.8. The van der Waals surface area contributed by atoms with Gasteiger partial charge in [-0.3, -0.25) is 4.79 Å². The van der Waals surface area contributed by atoms with Gasteiger partial charge in [-0.15, -0.1) is 13.2 Å². The van der Waals surface area contributed by atoms with Crippen LogP contribution in [0.4, 0.5) is 18.9 Å². The number of carbonyl (C=O) groups excluding carboxylic acids is 1. The lowest BCUT2D eigenvalue weighted by Crippen LogP contribution is -2.22. The molecule has 51 heavy (non-hydrogen) atoms. The summed E-state index contributed by atoms with van der Waals surface area (Å²) >= 11 is 0. The Morgan fingerprint density at radius 2 is 0.980 bits per heavy atom. The number of benzene rings is 7. The number of hydrogen-bond donors (Lipinski definition) is 1. The first-order chi connectivity index (χ1) is 24.9. The van der Waals surface area contributed by atoms with Crippen molar-refractivity contribution in [3.05, 3.63) is 214 Å². The van der Waals surface area contributed by atoms with Gasteiger partial charge in [-0.05, 0) is 61.8 Å². The maximum Gasteiger partial charge on any atom is 0.573 e. The Kier molecular flexibility index (Phi) is 8.36. The molecule has 0 heterocycles. The Labute approximate surface area is 294 Å². The molecule has 6 heteroatoms. The van der Waals surface area contributed by atoms with Crippen LogP contribution in [0, 0.1) is 0 Å². The van der Waals surface area contributed by atoms with Crippen LogP contribution in [0.5, 0.6) is 5.75 Å². The molecule has 0 bridgehead atoms. The summed E-state index contributed by atoms with van der Waals surface area (Å²) in [5.41, 5.74) is 6.62. The zero-order valence-corrected chi connectivity index (χ0v) is 27.3. The van der Waals surface area contributed by atoms with Crippen LogP contribution in [0.15, 0.2) is 170 Å². The van der Waals surface area contributed by atoms with Crippen molar-refractivity contribution in [2.45, 2.75) is 24.2 Å². The molecule has 7 aromatic carbocycles. The number of halogens is 3. The number of carbonyl (C=O) groups is 1. The van der Waals surface area contributed by atoms with Crippen molar-refractivity contribution < 1.29 is 22.7 Å². The van der Waals surface area contributed by atoms with Gasteiger partial charge in [-0.25, -0.2) is 0 Å². The van der Waals surface area contributed by atoms with E-state index in [1.165, 1.54) is 12.1 Å². The molecule has 0 radical (unpaired) electrons. The zero-order valence-electron chi connectivity index (χ0n) is 27.3. The normalized spacial score (nSPS) is 14.0. The van der Waals surface area contributed by atoms with E-state index in [-0.39, 0.29) is 11.5 Å². The van der Waals surface area contributed by atoms with Gasteiger partial charge < -0.3 is 10.1 Å². The second-order valence-electron chi connectivity index (χ2n) is 12.7. The largest absolute Gasteiger partial charge is 0.573 e. The fourth-order valence-corrected chi connectivity index (χ4v) is 7.56. The van der Waals surface area contributed by atoms with Crippen LogP contribution in [0.2, 0.25) is 0 Å². The SMILES string of the molecule is O=C1c2cccc3cccc(c23)C1Nc1c(C(c2ccccc2)c2ccccc2)cc(OC(F)(F)F)cc1C(c1ccccc1)c1ccccc1. The number of ether oxygens (including phenoxy) is 1. The molecular formula is C45H32F3NO2. The molecule has 0 fully saturated rings. The number of rotatable bonds is 9. The van der Waals surface area contributed by atoms with Crippen LogP contribution in [0.25, 0.3) is 10.8 Å². The number of alkyl halides is 3. The van der Waals surface area contributed by atoms with Gasteiger partial charge in [-0.1, -0.05) is 158 Å². The van der Waals surface area contributed by atoms with E-state index in [4.69, 9.17) is 4.74 Å². The summed E-state index contributed by atoms with van der Waals surface area (Å²) in [6.45, 7) is 0. The molecule has 1 atom stereocenters. The highest BCUT2D eigenvalue weighted by molar-refractivity contribution is 6.19. The van der Waals surface area contributed by atoms with Gasteiger partial charge in [0, 0.05) is 23.1 Å². The Morgan fingerprint density at radius 3 is 1.41 bits per heavy atom. The van der Waals surface area contributed by atoms with Gasteiger partial charge in [0.1, 0.15) is 11.8 Å². The quantitative estimate of drug-likeness (QED) is 0.155. The lowest BCUT2D eigenvalue weighted by molar-refractivity contribution is -0.274. The predicted molar refractivity (Wildman–Crippen MR) is 195 cm³/mol. The first kappa shape index (κ1) is 32.1. The van der Waals surface area contributed by atoms with E-state index in [2.05, 4.69) is 5.32 Å². The van der Waals surface area contributed by atoms with Crippen molar-refractivity contribution in [3.63, 3.8) is 0 Å². The van der Waals surface area contributed by atoms with Crippen molar-refractivity contribution in [3.8, 4) is 5.75 Å². The summed E-state index contributed by atoms with van der Waals surface area (Å²) in [6, 6.07) is 52.6. The average molecular weight is 676 g/mol. The fourth-order valence-electron chi connectivity index (χ4n) is 7.56. The second kappa shape index (κ2) is 13.3. The van der Waals surface area contributed by atoms with Gasteiger partial charge in [0.15, 0.2) is 5.78 Å². The third-order valence-corrected chi connectivity index (χ3v) is 9.62. The smallest absolute Gasteiger partial charge is 0.406 e. The van der Waals surface area contributed by atoms with Crippen LogP contribution < -0.4 is 10.1 Å². The van der Waals surface area contributed by atoms with Gasteiger partial charge in [-0.2, -0.15) is 0 Å². The van der Waals surface area contributed by atoms with Gasteiger partial charge in [0.05, 0.1) is 0 Å². The van der Waals surface area contributed by atoms with E-state index in [0.29, 0.717) is 22.4 Å². The second-order valence-corrected chi connectivity index (χ2v) is 12.7. The van der Waals surface area contributed by atoms with Crippen LogP contribution >= 0.6 is 0 Å². The highest BCUT2D eigenvalue weighted by Gasteiger charge is 2.37. The van der Waals surface area contributed by atoms with E-state index in [9.17, 15) is 18.0 Å². The molecule has 1 unspecified atom stereocenters. The summed E-state index contributed by atoms with van der Waals surface area (Å²) in [7, 11) is 0. The topological polar surface area (TPSA) is 38.3 Å². The van der Waals surface area contributed by atoms with Crippen molar-refractivity contribution in [2.75, 3.05) is 5.32 Å². The summed E-state index contributed by atoms with van der Waals surface area (Å²) < 4.78 is 47.3. The molecule has 0 amide bonds. The lowest BCUT2D eigenvalue weighted by Gasteiger charge is -2.30. The molecule has 7 aromatic rings.